The van der Waals surface area contributed by atoms with Gasteiger partial charge in [-0.2, -0.15) is 5.26 Å². The highest BCUT2D eigenvalue weighted by Gasteiger charge is 2.19. The van der Waals surface area contributed by atoms with Crippen LogP contribution < -0.4 is 4.90 Å². The summed E-state index contributed by atoms with van der Waals surface area (Å²) in [7, 11) is 1.98. The molecule has 2 aromatic heterocycles. The third kappa shape index (κ3) is 3.33. The molecule has 3 nitrogen and oxygen atoms in total. The highest BCUT2D eigenvalue weighted by Crippen LogP contribution is 2.37. The molecule has 0 spiro atoms. The molecule has 0 atom stereocenters. The first-order valence-corrected chi connectivity index (χ1v) is 9.49. The summed E-state index contributed by atoms with van der Waals surface area (Å²) >= 11 is 1.59. The van der Waals surface area contributed by atoms with Crippen molar-refractivity contribution in [3.8, 4) is 27.9 Å². The highest BCUT2D eigenvalue weighted by molar-refractivity contribution is 7.13. The average Bonchev–Trinajstić information content (AvgIpc) is 3.28. The van der Waals surface area contributed by atoms with Gasteiger partial charge in [0.05, 0.1) is 16.3 Å². The van der Waals surface area contributed by atoms with Crippen molar-refractivity contribution in [2.45, 2.75) is 0 Å². The molecule has 0 bridgehead atoms. The minimum atomic E-state index is 0.587. The van der Waals surface area contributed by atoms with E-state index in [0.717, 1.165) is 33.2 Å². The highest BCUT2D eigenvalue weighted by atomic mass is 32.1. The number of anilines is 2. The molecular weight excluding hydrogens is 350 g/mol. The van der Waals surface area contributed by atoms with Crippen LogP contribution in [0, 0.1) is 11.3 Å². The number of hydrogen-bond acceptors (Lipinski definition) is 4. The van der Waals surface area contributed by atoms with E-state index in [2.05, 4.69) is 6.07 Å². The van der Waals surface area contributed by atoms with Gasteiger partial charge in [0.15, 0.2) is 0 Å². The molecule has 0 saturated carbocycles. The number of nitrogens with zero attached hydrogens (tertiary/aromatic N) is 3. The topological polar surface area (TPSA) is 39.9 Å². The summed E-state index contributed by atoms with van der Waals surface area (Å²) in [6.07, 6.45) is 0. The standard InChI is InChI=1S/C23H17N3S/c1-26(18-11-6-3-7-12-18)21-15-20(17-9-4-2-5-10-17)25-23(19(21)16-24)22-13-8-14-27-22/h2-15H,1H3. The molecule has 0 fully saturated rings. The molecule has 2 heterocycles. The van der Waals surface area contributed by atoms with E-state index in [-0.39, 0.29) is 0 Å². The zero-order valence-electron chi connectivity index (χ0n) is 14.8. The van der Waals surface area contributed by atoms with Gasteiger partial charge >= 0.3 is 0 Å². The van der Waals surface area contributed by atoms with Crippen LogP contribution in [0.5, 0.6) is 0 Å². The van der Waals surface area contributed by atoms with E-state index < -0.39 is 0 Å². The maximum Gasteiger partial charge on any atom is 0.104 e. The number of pyridine rings is 1. The number of benzene rings is 2. The molecule has 0 saturated heterocycles. The molecule has 0 unspecified atom stereocenters. The lowest BCUT2D eigenvalue weighted by Crippen LogP contribution is -2.12. The number of aromatic nitrogens is 1. The number of hydrogen-bond donors (Lipinski definition) is 0. The van der Waals surface area contributed by atoms with Crippen LogP contribution in [0.4, 0.5) is 11.4 Å². The van der Waals surface area contributed by atoms with Crippen LogP contribution in [0.15, 0.2) is 84.2 Å². The van der Waals surface area contributed by atoms with Crippen LogP contribution >= 0.6 is 11.3 Å². The first kappa shape index (κ1) is 17.0. The summed E-state index contributed by atoms with van der Waals surface area (Å²) in [5.41, 5.74) is 5.07. The van der Waals surface area contributed by atoms with Gasteiger partial charge in [-0.15, -0.1) is 11.3 Å². The van der Waals surface area contributed by atoms with Crippen LogP contribution in [-0.2, 0) is 0 Å². The monoisotopic (exact) mass is 367 g/mol. The zero-order valence-corrected chi connectivity index (χ0v) is 15.6. The zero-order chi connectivity index (χ0) is 18.6. The molecule has 2 aromatic carbocycles. The van der Waals surface area contributed by atoms with Gasteiger partial charge in [-0.3, -0.25) is 0 Å². The van der Waals surface area contributed by atoms with Gasteiger partial charge in [0.1, 0.15) is 17.3 Å². The van der Waals surface area contributed by atoms with Crippen LogP contribution in [0.1, 0.15) is 5.56 Å². The van der Waals surface area contributed by atoms with Crippen molar-refractivity contribution in [1.29, 1.82) is 5.26 Å². The van der Waals surface area contributed by atoms with Crippen LogP contribution in [0.2, 0.25) is 0 Å². The molecule has 0 aliphatic rings. The minimum absolute atomic E-state index is 0.587. The second kappa shape index (κ2) is 7.45. The maximum atomic E-state index is 9.94. The Morgan fingerprint density at radius 1 is 0.926 bits per heavy atom. The lowest BCUT2D eigenvalue weighted by molar-refractivity contribution is 1.18. The average molecular weight is 367 g/mol. The van der Waals surface area contributed by atoms with E-state index in [4.69, 9.17) is 4.98 Å². The number of thiophene rings is 1. The Morgan fingerprint density at radius 2 is 1.63 bits per heavy atom. The maximum absolute atomic E-state index is 9.94. The van der Waals surface area contributed by atoms with Crippen molar-refractivity contribution in [3.63, 3.8) is 0 Å². The Hall–Kier alpha value is -3.42. The summed E-state index contributed by atoms with van der Waals surface area (Å²) < 4.78 is 0. The van der Waals surface area contributed by atoms with Gasteiger partial charge < -0.3 is 4.90 Å². The molecule has 0 aliphatic heterocycles. The van der Waals surface area contributed by atoms with E-state index in [1.807, 2.05) is 96.2 Å². The Kier molecular flexibility index (Phi) is 4.69. The van der Waals surface area contributed by atoms with Crippen molar-refractivity contribution in [1.82, 2.24) is 4.98 Å². The van der Waals surface area contributed by atoms with Gasteiger partial charge in [-0.05, 0) is 29.6 Å². The third-order valence-electron chi connectivity index (χ3n) is 4.44. The normalized spacial score (nSPS) is 10.4. The third-order valence-corrected chi connectivity index (χ3v) is 5.32. The lowest BCUT2D eigenvalue weighted by atomic mass is 10.0. The Labute approximate surface area is 162 Å². The second-order valence-corrected chi connectivity index (χ2v) is 7.05. The summed E-state index contributed by atoms with van der Waals surface area (Å²) in [6.45, 7) is 0. The summed E-state index contributed by atoms with van der Waals surface area (Å²) in [5.74, 6) is 0. The van der Waals surface area contributed by atoms with E-state index in [1.165, 1.54) is 0 Å². The predicted octanol–water partition coefficient (Wildman–Crippen LogP) is 6.12. The molecule has 4 heteroatoms. The van der Waals surface area contributed by atoms with E-state index in [9.17, 15) is 5.26 Å². The lowest BCUT2D eigenvalue weighted by Gasteiger charge is -2.22. The summed E-state index contributed by atoms with van der Waals surface area (Å²) in [6, 6.07) is 28.5. The Balaban J connectivity index is 1.96. The van der Waals surface area contributed by atoms with Gasteiger partial charge in [-0.25, -0.2) is 4.98 Å². The molecule has 0 aliphatic carbocycles. The molecule has 130 valence electrons. The van der Waals surface area contributed by atoms with Crippen LogP contribution in [0.3, 0.4) is 0 Å². The van der Waals surface area contributed by atoms with Crippen LogP contribution in [-0.4, -0.2) is 12.0 Å². The second-order valence-electron chi connectivity index (χ2n) is 6.10. The molecule has 0 radical (unpaired) electrons. The molecule has 0 N–H and O–H groups in total. The Bertz CT molecular complexity index is 1080. The quantitative estimate of drug-likeness (QED) is 0.436. The SMILES string of the molecule is CN(c1ccccc1)c1cc(-c2ccccc2)nc(-c2cccs2)c1C#N. The van der Waals surface area contributed by atoms with Gasteiger partial charge in [0.2, 0.25) is 0 Å². The van der Waals surface area contributed by atoms with Gasteiger partial charge in [0.25, 0.3) is 0 Å². The van der Waals surface area contributed by atoms with Crippen molar-refractivity contribution in [2.75, 3.05) is 11.9 Å². The number of para-hydroxylation sites is 1. The Morgan fingerprint density at radius 3 is 2.26 bits per heavy atom. The van der Waals surface area contributed by atoms with Crippen molar-refractivity contribution in [3.05, 3.63) is 89.8 Å². The largest absolute Gasteiger partial charge is 0.343 e. The van der Waals surface area contributed by atoms with E-state index in [1.54, 1.807) is 11.3 Å². The van der Waals surface area contributed by atoms with E-state index in [0.29, 0.717) is 5.56 Å². The first-order chi connectivity index (χ1) is 13.3. The van der Waals surface area contributed by atoms with Gasteiger partial charge in [0, 0.05) is 18.3 Å². The molecule has 4 aromatic rings. The predicted molar refractivity (Wildman–Crippen MR) is 112 cm³/mol. The fourth-order valence-corrected chi connectivity index (χ4v) is 3.77. The first-order valence-electron chi connectivity index (χ1n) is 8.61. The minimum Gasteiger partial charge on any atom is -0.343 e. The summed E-state index contributed by atoms with van der Waals surface area (Å²) in [4.78, 5) is 7.89. The summed E-state index contributed by atoms with van der Waals surface area (Å²) in [5, 5.41) is 12.0. The fraction of sp³-hybridized carbons (Fsp3) is 0.0435. The van der Waals surface area contributed by atoms with Crippen molar-refractivity contribution >= 4 is 22.7 Å². The number of nitriles is 1. The smallest absolute Gasteiger partial charge is 0.104 e. The molecule has 4 rings (SSSR count). The fourth-order valence-electron chi connectivity index (χ4n) is 3.05. The van der Waals surface area contributed by atoms with Crippen molar-refractivity contribution in [2.24, 2.45) is 0 Å². The molecule has 0 amide bonds. The van der Waals surface area contributed by atoms with Crippen LogP contribution in [0.25, 0.3) is 21.8 Å². The van der Waals surface area contributed by atoms with Crippen molar-refractivity contribution < 1.29 is 0 Å². The number of rotatable bonds is 4. The van der Waals surface area contributed by atoms with Gasteiger partial charge in [-0.1, -0.05) is 54.6 Å². The molecular formula is C23H17N3S. The molecule has 27 heavy (non-hydrogen) atoms. The van der Waals surface area contributed by atoms with E-state index >= 15 is 0 Å².